The molecule has 6 nitrogen and oxygen atoms in total. The zero-order chi connectivity index (χ0) is 18.2. The van der Waals surface area contributed by atoms with Crippen molar-refractivity contribution < 1.29 is 9.53 Å². The Morgan fingerprint density at radius 2 is 1.92 bits per heavy atom. The highest BCUT2D eigenvalue weighted by molar-refractivity contribution is 5.92. The van der Waals surface area contributed by atoms with Gasteiger partial charge >= 0.3 is 0 Å². The van der Waals surface area contributed by atoms with Gasteiger partial charge in [0.15, 0.2) is 5.96 Å². The number of amides is 1. The van der Waals surface area contributed by atoms with Crippen molar-refractivity contribution in [2.24, 2.45) is 10.7 Å². The zero-order valence-corrected chi connectivity index (χ0v) is 14.8. The van der Waals surface area contributed by atoms with Gasteiger partial charge in [0.2, 0.25) is 5.91 Å². The third-order valence-electron chi connectivity index (χ3n) is 3.81. The van der Waals surface area contributed by atoms with Gasteiger partial charge in [-0.1, -0.05) is 24.3 Å². The molecule has 0 radical (unpaired) electrons. The molecule has 2 aromatic rings. The highest BCUT2D eigenvalue weighted by atomic mass is 16.5. The number of aliphatic imine (C=N–C) groups is 1. The molecule has 2 rings (SSSR count). The molecule has 25 heavy (non-hydrogen) atoms. The number of nitrogens with one attached hydrogen (secondary N) is 1. The van der Waals surface area contributed by atoms with Crippen molar-refractivity contribution in [2.75, 3.05) is 21.2 Å². The van der Waals surface area contributed by atoms with Crippen LogP contribution in [-0.2, 0) is 13.1 Å². The average Bonchev–Trinajstić information content (AvgIpc) is 2.63. The van der Waals surface area contributed by atoms with Gasteiger partial charge in [-0.3, -0.25) is 9.79 Å². The molecule has 2 aromatic carbocycles. The van der Waals surface area contributed by atoms with Crippen LogP contribution in [0.3, 0.4) is 0 Å². The number of primary amides is 1. The molecule has 3 N–H and O–H groups in total. The van der Waals surface area contributed by atoms with E-state index in [2.05, 4.69) is 10.3 Å². The van der Waals surface area contributed by atoms with E-state index >= 15 is 0 Å². The molecule has 0 aliphatic heterocycles. The lowest BCUT2D eigenvalue weighted by atomic mass is 10.1. The lowest BCUT2D eigenvalue weighted by Gasteiger charge is -2.22. The number of carbonyl (C=O) groups is 1. The second-order valence-electron chi connectivity index (χ2n) is 5.67. The van der Waals surface area contributed by atoms with Crippen LogP contribution in [0.2, 0.25) is 0 Å². The number of carbonyl (C=O) groups excluding carboxylic acids is 1. The molecule has 0 atom stereocenters. The van der Waals surface area contributed by atoms with Crippen LogP contribution >= 0.6 is 0 Å². The minimum absolute atomic E-state index is 0.428. The van der Waals surface area contributed by atoms with E-state index in [1.165, 1.54) is 0 Å². The fourth-order valence-electron chi connectivity index (χ4n) is 2.48. The molecule has 0 fully saturated rings. The van der Waals surface area contributed by atoms with Gasteiger partial charge in [-0.05, 0) is 35.4 Å². The maximum absolute atomic E-state index is 11.3. The number of nitrogens with two attached hydrogens (primary N) is 1. The topological polar surface area (TPSA) is 79.9 Å². The Balaban J connectivity index is 1.96. The smallest absolute Gasteiger partial charge is 0.248 e. The SMILES string of the molecule is CN=C(NCc1cccc(C(N)=O)c1)N(C)Cc1ccc(OC)cc1. The summed E-state index contributed by atoms with van der Waals surface area (Å²) in [6, 6.07) is 15.2. The number of hydrogen-bond donors (Lipinski definition) is 2. The zero-order valence-electron chi connectivity index (χ0n) is 14.8. The van der Waals surface area contributed by atoms with Crippen molar-refractivity contribution in [3.8, 4) is 5.75 Å². The van der Waals surface area contributed by atoms with E-state index in [1.54, 1.807) is 26.3 Å². The molecule has 132 valence electrons. The summed E-state index contributed by atoms with van der Waals surface area (Å²) >= 11 is 0. The molecule has 0 unspecified atom stereocenters. The van der Waals surface area contributed by atoms with Crippen LogP contribution in [0.5, 0.6) is 5.75 Å². The summed E-state index contributed by atoms with van der Waals surface area (Å²) in [6.45, 7) is 1.27. The van der Waals surface area contributed by atoms with Crippen LogP contribution in [-0.4, -0.2) is 38.0 Å². The summed E-state index contributed by atoms with van der Waals surface area (Å²) in [5.74, 6) is 1.17. The first-order chi connectivity index (χ1) is 12.0. The number of rotatable bonds is 6. The molecular formula is C19H24N4O2. The molecule has 0 heterocycles. The highest BCUT2D eigenvalue weighted by Crippen LogP contribution is 2.12. The summed E-state index contributed by atoms with van der Waals surface area (Å²) in [4.78, 5) is 17.6. The lowest BCUT2D eigenvalue weighted by molar-refractivity contribution is 0.1000. The van der Waals surface area contributed by atoms with Crippen molar-refractivity contribution in [1.82, 2.24) is 10.2 Å². The average molecular weight is 340 g/mol. The predicted octanol–water partition coefficient (Wildman–Crippen LogP) is 2.00. The first-order valence-electron chi connectivity index (χ1n) is 7.97. The number of ether oxygens (including phenoxy) is 1. The maximum atomic E-state index is 11.3. The van der Waals surface area contributed by atoms with E-state index in [0.29, 0.717) is 18.7 Å². The number of benzene rings is 2. The predicted molar refractivity (Wildman–Crippen MR) is 99.6 cm³/mol. The van der Waals surface area contributed by atoms with Gasteiger partial charge < -0.3 is 20.7 Å². The molecule has 0 aromatic heterocycles. The van der Waals surface area contributed by atoms with Crippen LogP contribution in [0, 0.1) is 0 Å². The Hall–Kier alpha value is -3.02. The van der Waals surface area contributed by atoms with Gasteiger partial charge in [0.05, 0.1) is 7.11 Å². The highest BCUT2D eigenvalue weighted by Gasteiger charge is 2.08. The minimum Gasteiger partial charge on any atom is -0.497 e. The Kier molecular flexibility index (Phi) is 6.39. The monoisotopic (exact) mass is 340 g/mol. The second kappa shape index (κ2) is 8.73. The fourth-order valence-corrected chi connectivity index (χ4v) is 2.48. The van der Waals surface area contributed by atoms with Crippen molar-refractivity contribution in [3.63, 3.8) is 0 Å². The molecule has 0 spiro atoms. The molecule has 1 amide bonds. The second-order valence-corrected chi connectivity index (χ2v) is 5.67. The van der Waals surface area contributed by atoms with Crippen LogP contribution in [0.4, 0.5) is 0 Å². The number of nitrogens with zero attached hydrogens (tertiary/aromatic N) is 2. The maximum Gasteiger partial charge on any atom is 0.248 e. The molecule has 0 saturated heterocycles. The summed E-state index contributed by atoms with van der Waals surface area (Å²) in [6.07, 6.45) is 0. The Bertz CT molecular complexity index is 741. The summed E-state index contributed by atoms with van der Waals surface area (Å²) < 4.78 is 5.17. The van der Waals surface area contributed by atoms with Crippen LogP contribution in [0.25, 0.3) is 0 Å². The molecule has 0 saturated carbocycles. The fraction of sp³-hybridized carbons (Fsp3) is 0.263. The van der Waals surface area contributed by atoms with Gasteiger partial charge in [0.1, 0.15) is 5.75 Å². The van der Waals surface area contributed by atoms with Crippen molar-refractivity contribution >= 4 is 11.9 Å². The van der Waals surface area contributed by atoms with E-state index < -0.39 is 5.91 Å². The van der Waals surface area contributed by atoms with Crippen LogP contribution < -0.4 is 15.8 Å². The normalized spacial score (nSPS) is 11.1. The Morgan fingerprint density at radius 1 is 1.20 bits per heavy atom. The largest absolute Gasteiger partial charge is 0.497 e. The van der Waals surface area contributed by atoms with Crippen molar-refractivity contribution in [2.45, 2.75) is 13.1 Å². The lowest BCUT2D eigenvalue weighted by Crippen LogP contribution is -2.38. The summed E-state index contributed by atoms with van der Waals surface area (Å²) in [7, 11) is 5.37. The summed E-state index contributed by atoms with van der Waals surface area (Å²) in [5.41, 5.74) is 7.94. The van der Waals surface area contributed by atoms with Crippen molar-refractivity contribution in [1.29, 1.82) is 0 Å². The van der Waals surface area contributed by atoms with Gasteiger partial charge in [-0.15, -0.1) is 0 Å². The number of guanidine groups is 1. The van der Waals surface area contributed by atoms with E-state index in [-0.39, 0.29) is 0 Å². The van der Waals surface area contributed by atoms with Crippen molar-refractivity contribution in [3.05, 3.63) is 65.2 Å². The van der Waals surface area contributed by atoms with Gasteiger partial charge in [-0.25, -0.2) is 0 Å². The van der Waals surface area contributed by atoms with Crippen LogP contribution in [0.1, 0.15) is 21.5 Å². The van der Waals surface area contributed by atoms with E-state index in [0.717, 1.165) is 22.8 Å². The standard InChI is InChI=1S/C19H24N4O2/c1-21-19(22-12-15-5-4-6-16(11-15)18(20)24)23(2)13-14-7-9-17(25-3)10-8-14/h4-11H,12-13H2,1-3H3,(H2,20,24)(H,21,22). The molecule has 0 aliphatic carbocycles. The van der Waals surface area contributed by atoms with E-state index in [4.69, 9.17) is 10.5 Å². The van der Waals surface area contributed by atoms with Gasteiger partial charge in [0.25, 0.3) is 0 Å². The van der Waals surface area contributed by atoms with Crippen LogP contribution in [0.15, 0.2) is 53.5 Å². The minimum atomic E-state index is -0.428. The molecule has 6 heteroatoms. The molecule has 0 aliphatic rings. The summed E-state index contributed by atoms with van der Waals surface area (Å²) in [5, 5.41) is 3.29. The number of methoxy groups -OCH3 is 1. The Labute approximate surface area is 148 Å². The first-order valence-corrected chi connectivity index (χ1v) is 7.97. The first kappa shape index (κ1) is 18.3. The van der Waals surface area contributed by atoms with Gasteiger partial charge in [-0.2, -0.15) is 0 Å². The third kappa shape index (κ3) is 5.24. The quantitative estimate of drug-likeness (QED) is 0.623. The molecule has 0 bridgehead atoms. The van der Waals surface area contributed by atoms with E-state index in [9.17, 15) is 4.79 Å². The Morgan fingerprint density at radius 3 is 2.52 bits per heavy atom. The van der Waals surface area contributed by atoms with Gasteiger partial charge in [0, 0.05) is 32.7 Å². The van der Waals surface area contributed by atoms with E-state index in [1.807, 2.05) is 48.3 Å². The third-order valence-corrected chi connectivity index (χ3v) is 3.81. The molecular weight excluding hydrogens is 316 g/mol. The number of hydrogen-bond acceptors (Lipinski definition) is 3.